The summed E-state index contributed by atoms with van der Waals surface area (Å²) in [5.41, 5.74) is 0.534. The van der Waals surface area contributed by atoms with E-state index in [0.29, 0.717) is 5.69 Å². The van der Waals surface area contributed by atoms with Crippen LogP contribution in [0.5, 0.6) is 0 Å². The number of carbonyl (C=O) groups excluding carboxylic acids is 2. The van der Waals surface area contributed by atoms with Crippen molar-refractivity contribution in [1.82, 2.24) is 0 Å². The lowest BCUT2D eigenvalue weighted by molar-refractivity contribution is -0.145. The Hall–Kier alpha value is -2.45. The fraction of sp³-hybridized carbons (Fsp3) is 0.222. The van der Waals surface area contributed by atoms with Crippen LogP contribution in [0.2, 0.25) is 5.02 Å². The molecule has 0 saturated heterocycles. The van der Waals surface area contributed by atoms with Crippen LogP contribution in [0.4, 0.5) is 10.1 Å². The van der Waals surface area contributed by atoms with Crippen LogP contribution in [0.3, 0.4) is 0 Å². The Morgan fingerprint density at radius 2 is 1.81 bits per heavy atom. The van der Waals surface area contributed by atoms with Gasteiger partial charge in [-0.25, -0.2) is 12.8 Å². The predicted molar refractivity (Wildman–Crippen MR) is 99.9 cm³/mol. The van der Waals surface area contributed by atoms with Gasteiger partial charge in [0.25, 0.3) is 0 Å². The molecular weight excluding hydrogens is 397 g/mol. The van der Waals surface area contributed by atoms with Gasteiger partial charge in [-0.15, -0.1) is 0 Å². The maximum absolute atomic E-state index is 13.7. The van der Waals surface area contributed by atoms with Crippen LogP contribution < -0.4 is 4.72 Å². The number of esters is 1. The number of anilines is 1. The number of benzene rings is 2. The van der Waals surface area contributed by atoms with Crippen molar-refractivity contribution in [2.45, 2.75) is 19.4 Å². The first kappa shape index (κ1) is 20.9. The van der Waals surface area contributed by atoms with Gasteiger partial charge in [-0.2, -0.15) is 0 Å². The molecule has 0 spiro atoms. The molecule has 2 aromatic carbocycles. The average Bonchev–Trinajstić information content (AvgIpc) is 2.57. The summed E-state index contributed by atoms with van der Waals surface area (Å²) in [5.74, 6) is -1.90. The molecule has 0 heterocycles. The van der Waals surface area contributed by atoms with Crippen LogP contribution in [-0.2, 0) is 26.0 Å². The number of sulfonamides is 1. The van der Waals surface area contributed by atoms with E-state index < -0.39 is 40.1 Å². The van der Waals surface area contributed by atoms with Crippen molar-refractivity contribution in [2.24, 2.45) is 0 Å². The molecule has 6 nitrogen and oxygen atoms in total. The third-order valence-corrected chi connectivity index (χ3v) is 4.49. The molecule has 1 atom stereocenters. The van der Waals surface area contributed by atoms with E-state index >= 15 is 0 Å². The highest BCUT2D eigenvalue weighted by Gasteiger charge is 2.21. The molecule has 0 aliphatic carbocycles. The average molecular weight is 414 g/mol. The molecule has 0 amide bonds. The molecule has 0 aliphatic heterocycles. The predicted octanol–water partition coefficient (Wildman–Crippen LogP) is 3.21. The topological polar surface area (TPSA) is 89.5 Å². The summed E-state index contributed by atoms with van der Waals surface area (Å²) in [4.78, 5) is 24.3. The highest BCUT2D eigenvalue weighted by molar-refractivity contribution is 7.92. The fourth-order valence-electron chi connectivity index (χ4n) is 2.29. The van der Waals surface area contributed by atoms with Crippen molar-refractivity contribution in [3.05, 3.63) is 64.4 Å². The van der Waals surface area contributed by atoms with Gasteiger partial charge in [-0.05, 0) is 43.3 Å². The maximum atomic E-state index is 13.7. The first-order valence-electron chi connectivity index (χ1n) is 7.81. The smallest absolute Gasteiger partial charge is 0.311 e. The first-order valence-corrected chi connectivity index (χ1v) is 10.1. The highest BCUT2D eigenvalue weighted by atomic mass is 35.5. The van der Waals surface area contributed by atoms with Gasteiger partial charge in [-0.1, -0.05) is 17.7 Å². The van der Waals surface area contributed by atoms with Gasteiger partial charge >= 0.3 is 5.97 Å². The Morgan fingerprint density at radius 3 is 2.37 bits per heavy atom. The molecule has 0 bridgehead atoms. The minimum absolute atomic E-state index is 0.0000166. The van der Waals surface area contributed by atoms with E-state index in [9.17, 15) is 22.4 Å². The lowest BCUT2D eigenvalue weighted by atomic mass is 10.1. The SMILES string of the molecule is C[C@@H](OC(=O)Cc1c(F)cccc1Cl)C(=O)c1ccc(NS(C)(=O)=O)cc1. The van der Waals surface area contributed by atoms with Crippen molar-refractivity contribution in [2.75, 3.05) is 11.0 Å². The lowest BCUT2D eigenvalue weighted by Crippen LogP contribution is -2.25. The van der Waals surface area contributed by atoms with E-state index in [1.165, 1.54) is 49.4 Å². The van der Waals surface area contributed by atoms with Crippen molar-refractivity contribution < 1.29 is 27.1 Å². The lowest BCUT2D eigenvalue weighted by Gasteiger charge is -2.13. The largest absolute Gasteiger partial charge is 0.454 e. The monoisotopic (exact) mass is 413 g/mol. The number of nitrogens with one attached hydrogen (secondary N) is 1. The van der Waals surface area contributed by atoms with Gasteiger partial charge in [0.1, 0.15) is 5.82 Å². The number of carbonyl (C=O) groups is 2. The fourth-order valence-corrected chi connectivity index (χ4v) is 3.08. The Balaban J connectivity index is 2.01. The summed E-state index contributed by atoms with van der Waals surface area (Å²) in [6, 6.07) is 9.70. The van der Waals surface area contributed by atoms with Gasteiger partial charge < -0.3 is 4.74 Å². The summed E-state index contributed by atoms with van der Waals surface area (Å²) in [6.07, 6.45) is -0.493. The summed E-state index contributed by atoms with van der Waals surface area (Å²) >= 11 is 5.87. The summed E-state index contributed by atoms with van der Waals surface area (Å²) in [6.45, 7) is 1.39. The van der Waals surface area contributed by atoms with Gasteiger partial charge in [0.05, 0.1) is 12.7 Å². The molecule has 0 aliphatic rings. The zero-order chi connectivity index (χ0) is 20.2. The Bertz CT molecular complexity index is 940. The molecule has 9 heteroatoms. The van der Waals surface area contributed by atoms with Crippen LogP contribution in [0, 0.1) is 5.82 Å². The molecule has 27 heavy (non-hydrogen) atoms. The van der Waals surface area contributed by atoms with Crippen molar-refractivity contribution in [3.63, 3.8) is 0 Å². The Kier molecular flexibility index (Phi) is 6.56. The minimum atomic E-state index is -3.43. The molecule has 144 valence electrons. The second kappa shape index (κ2) is 8.49. The number of Topliss-reactive ketones (excluding diaryl/α,β-unsaturated/α-hetero) is 1. The summed E-state index contributed by atoms with van der Waals surface area (Å²) in [5, 5.41) is 0.0971. The molecule has 0 saturated carbocycles. The summed E-state index contributed by atoms with van der Waals surface area (Å²) < 4.78 is 43.4. The summed E-state index contributed by atoms with van der Waals surface area (Å²) in [7, 11) is -3.43. The molecule has 2 rings (SSSR count). The second-order valence-electron chi connectivity index (χ2n) is 5.82. The molecule has 0 radical (unpaired) electrons. The van der Waals surface area contributed by atoms with E-state index in [2.05, 4.69) is 4.72 Å². The van der Waals surface area contributed by atoms with Gasteiger partial charge in [0.2, 0.25) is 15.8 Å². The van der Waals surface area contributed by atoms with Crippen LogP contribution in [0.25, 0.3) is 0 Å². The van der Waals surface area contributed by atoms with Crippen LogP contribution in [-0.4, -0.2) is 32.5 Å². The third-order valence-electron chi connectivity index (χ3n) is 3.53. The first-order chi connectivity index (χ1) is 12.6. The molecule has 2 aromatic rings. The van der Waals surface area contributed by atoms with E-state index in [4.69, 9.17) is 16.3 Å². The molecule has 0 unspecified atom stereocenters. The van der Waals surface area contributed by atoms with Gasteiger partial charge in [-0.3, -0.25) is 14.3 Å². The van der Waals surface area contributed by atoms with E-state index in [0.717, 1.165) is 6.26 Å². The van der Waals surface area contributed by atoms with Crippen LogP contribution in [0.15, 0.2) is 42.5 Å². The minimum Gasteiger partial charge on any atom is -0.454 e. The van der Waals surface area contributed by atoms with Crippen LogP contribution in [0.1, 0.15) is 22.8 Å². The number of rotatable bonds is 7. The van der Waals surface area contributed by atoms with E-state index in [1.807, 2.05) is 0 Å². The number of hydrogen-bond donors (Lipinski definition) is 1. The Morgan fingerprint density at radius 1 is 1.19 bits per heavy atom. The third kappa shape index (κ3) is 6.04. The standard InChI is InChI=1S/C18H17ClFNO5S/c1-11(26-17(22)10-14-15(19)4-3-5-16(14)20)18(23)12-6-8-13(9-7-12)21-27(2,24)25/h3-9,11,21H,10H2,1-2H3/t11-/m1/s1. The van der Waals surface area contributed by atoms with Gasteiger partial charge in [0.15, 0.2) is 6.10 Å². The normalized spacial score (nSPS) is 12.3. The quantitative estimate of drug-likeness (QED) is 0.556. The number of ketones is 1. The number of ether oxygens (including phenoxy) is 1. The molecule has 0 fully saturated rings. The van der Waals surface area contributed by atoms with Crippen molar-refractivity contribution in [3.8, 4) is 0 Å². The zero-order valence-electron chi connectivity index (χ0n) is 14.5. The van der Waals surface area contributed by atoms with E-state index in [1.54, 1.807) is 0 Å². The Labute approximate surface area is 161 Å². The number of halogens is 2. The molecule has 1 N–H and O–H groups in total. The molecule has 0 aromatic heterocycles. The maximum Gasteiger partial charge on any atom is 0.311 e. The van der Waals surface area contributed by atoms with Crippen LogP contribution >= 0.6 is 11.6 Å². The van der Waals surface area contributed by atoms with Gasteiger partial charge in [0, 0.05) is 21.8 Å². The zero-order valence-corrected chi connectivity index (χ0v) is 16.1. The molecular formula is C18H17ClFNO5S. The van der Waals surface area contributed by atoms with E-state index in [-0.39, 0.29) is 16.1 Å². The van der Waals surface area contributed by atoms with Crippen molar-refractivity contribution in [1.29, 1.82) is 0 Å². The van der Waals surface area contributed by atoms with Crippen molar-refractivity contribution >= 4 is 39.1 Å². The second-order valence-corrected chi connectivity index (χ2v) is 7.98. The highest BCUT2D eigenvalue weighted by Crippen LogP contribution is 2.20. The number of hydrogen-bond acceptors (Lipinski definition) is 5.